The normalized spacial score (nSPS) is 21.3. The molecule has 0 unspecified atom stereocenters. The van der Waals surface area contributed by atoms with Crippen molar-refractivity contribution >= 4 is 48.4 Å². The van der Waals surface area contributed by atoms with E-state index >= 15 is 0 Å². The number of hydrogen-bond acceptors (Lipinski definition) is 7. The van der Waals surface area contributed by atoms with Crippen LogP contribution >= 0.6 is 24.0 Å². The summed E-state index contributed by atoms with van der Waals surface area (Å²) in [5.41, 5.74) is 0. The Morgan fingerprint density at radius 1 is 1.29 bits per heavy atom. The van der Waals surface area contributed by atoms with Crippen molar-refractivity contribution in [2.45, 2.75) is 76.0 Å². The number of aliphatic hydroxyl groups excluding tert-OH is 1. The largest absolute Gasteiger partial charge is 0.458 e. The molecule has 0 aliphatic carbocycles. The van der Waals surface area contributed by atoms with Crippen LogP contribution in [0, 0.1) is 11.8 Å². The summed E-state index contributed by atoms with van der Waals surface area (Å²) < 4.78 is 12.2. The van der Waals surface area contributed by atoms with Crippen molar-refractivity contribution in [1.29, 1.82) is 0 Å². The molecule has 0 aromatic heterocycles. The maximum absolute atomic E-state index is 13.3. The highest BCUT2D eigenvalue weighted by Gasteiger charge is 2.58. The van der Waals surface area contributed by atoms with E-state index in [9.17, 15) is 14.7 Å². The van der Waals surface area contributed by atoms with Gasteiger partial charge in [0.25, 0.3) is 0 Å². The number of rotatable bonds is 10. The molecule has 2 rings (SSSR count). The molecule has 188 valence electrons. The first-order chi connectivity index (χ1) is 15.7. The average molecular weight is 524 g/mol. The highest BCUT2D eigenvalue weighted by molar-refractivity contribution is 8.23. The van der Waals surface area contributed by atoms with Gasteiger partial charge in [-0.15, -0.1) is 0 Å². The number of likely N-dealkylation sites (tertiary alicyclic amines) is 1. The van der Waals surface area contributed by atoms with Gasteiger partial charge in [0.05, 0.1) is 22.3 Å². The number of thioether (sulfide) groups is 1. The van der Waals surface area contributed by atoms with Gasteiger partial charge in [0.2, 0.25) is 12.1 Å². The van der Waals surface area contributed by atoms with Crippen molar-refractivity contribution in [3.63, 3.8) is 0 Å². The van der Waals surface area contributed by atoms with Gasteiger partial charge < -0.3 is 19.2 Å². The topological polar surface area (TPSA) is 76.1 Å². The minimum Gasteiger partial charge on any atom is -0.458 e. The number of carbonyl (C=O) groups is 2. The number of amides is 1. The molecule has 34 heavy (non-hydrogen) atoms. The number of β-lactam (4-membered cyclic amide) rings is 1. The fourth-order valence-corrected chi connectivity index (χ4v) is 6.46. The number of ether oxygens (including phenoxy) is 1. The van der Waals surface area contributed by atoms with E-state index in [1.54, 1.807) is 0 Å². The second kappa shape index (κ2) is 11.5. The summed E-state index contributed by atoms with van der Waals surface area (Å²) in [6, 6.07) is 9.25. The molecule has 5 atom stereocenters. The van der Waals surface area contributed by atoms with Crippen molar-refractivity contribution in [3.05, 3.63) is 43.0 Å². The zero-order valence-electron chi connectivity index (χ0n) is 21.1. The molecule has 9 heteroatoms. The number of esters is 1. The van der Waals surface area contributed by atoms with Crippen molar-refractivity contribution < 1.29 is 23.9 Å². The summed E-state index contributed by atoms with van der Waals surface area (Å²) in [6.07, 6.45) is -0.689. The van der Waals surface area contributed by atoms with E-state index in [0.717, 1.165) is 4.90 Å². The standard InChI is InChI=1S/C25H37NO5S2Si/c1-9-15-30-23(29)22(28)26-20(16(2)24(32)33-18-13-11-10-12-14-18)19(21(26)27)17(3)31-34(7,8)25(4,5)6/h9-14,16-17,19-20,22,28H,1,15H2,2-8H3/t16-,17-,19-,20-,22-/m1/s1. The molecule has 1 fully saturated rings. The van der Waals surface area contributed by atoms with Gasteiger partial charge in [-0.3, -0.25) is 4.79 Å². The molecule has 0 spiro atoms. The van der Waals surface area contributed by atoms with E-state index in [0.29, 0.717) is 4.20 Å². The predicted molar refractivity (Wildman–Crippen MR) is 143 cm³/mol. The van der Waals surface area contributed by atoms with Crippen LogP contribution in [0.15, 0.2) is 47.9 Å². The van der Waals surface area contributed by atoms with Gasteiger partial charge in [0.15, 0.2) is 8.32 Å². The lowest BCUT2D eigenvalue weighted by Crippen LogP contribution is -2.72. The first-order valence-electron chi connectivity index (χ1n) is 11.4. The Labute approximate surface area is 214 Å². The van der Waals surface area contributed by atoms with Crippen molar-refractivity contribution in [2.24, 2.45) is 11.8 Å². The van der Waals surface area contributed by atoms with E-state index in [2.05, 4.69) is 40.4 Å². The predicted octanol–water partition coefficient (Wildman–Crippen LogP) is 5.03. The fourth-order valence-electron chi connectivity index (χ4n) is 3.75. The van der Waals surface area contributed by atoms with Gasteiger partial charge in [0, 0.05) is 10.8 Å². The second-order valence-electron chi connectivity index (χ2n) is 10.2. The Hall–Kier alpha value is -1.52. The van der Waals surface area contributed by atoms with Gasteiger partial charge in [-0.2, -0.15) is 0 Å². The Morgan fingerprint density at radius 2 is 1.88 bits per heavy atom. The van der Waals surface area contributed by atoms with Gasteiger partial charge in [0.1, 0.15) is 6.61 Å². The number of aliphatic hydroxyl groups is 1. The van der Waals surface area contributed by atoms with Crippen LogP contribution in [0.2, 0.25) is 18.1 Å². The highest BCUT2D eigenvalue weighted by Crippen LogP contribution is 2.43. The zero-order valence-corrected chi connectivity index (χ0v) is 23.7. The van der Waals surface area contributed by atoms with Crippen molar-refractivity contribution in [1.82, 2.24) is 4.90 Å². The summed E-state index contributed by atoms with van der Waals surface area (Å²) in [5.74, 6) is -2.03. The summed E-state index contributed by atoms with van der Waals surface area (Å²) in [4.78, 5) is 27.8. The van der Waals surface area contributed by atoms with Gasteiger partial charge in [-0.25, -0.2) is 4.79 Å². The lowest BCUT2D eigenvalue weighted by atomic mass is 9.77. The monoisotopic (exact) mass is 523 g/mol. The van der Waals surface area contributed by atoms with E-state index < -0.39 is 38.6 Å². The van der Waals surface area contributed by atoms with E-state index in [1.807, 2.05) is 44.2 Å². The quantitative estimate of drug-likeness (QED) is 0.115. The van der Waals surface area contributed by atoms with Gasteiger partial charge >= 0.3 is 5.97 Å². The molecule has 0 radical (unpaired) electrons. The van der Waals surface area contributed by atoms with Crippen LogP contribution in [0.4, 0.5) is 0 Å². The minimum atomic E-state index is -2.16. The van der Waals surface area contributed by atoms with E-state index in [1.165, 1.54) is 22.7 Å². The van der Waals surface area contributed by atoms with Crippen molar-refractivity contribution in [2.75, 3.05) is 6.61 Å². The minimum absolute atomic E-state index is 0.0265. The Morgan fingerprint density at radius 3 is 2.41 bits per heavy atom. The molecular weight excluding hydrogens is 486 g/mol. The van der Waals surface area contributed by atoms with Crippen LogP contribution in [0.3, 0.4) is 0 Å². The lowest BCUT2D eigenvalue weighted by molar-refractivity contribution is -0.198. The highest BCUT2D eigenvalue weighted by atomic mass is 32.2. The summed E-state index contributed by atoms with van der Waals surface area (Å²) in [7, 11) is -2.16. The molecule has 1 aromatic carbocycles. The van der Waals surface area contributed by atoms with E-state index in [-0.39, 0.29) is 23.5 Å². The van der Waals surface area contributed by atoms with Crippen LogP contribution in [0.5, 0.6) is 0 Å². The SMILES string of the molecule is C=CCOC(=O)[C@@H](O)N1C(=O)[C@H]([C@@H](C)O[Si](C)(C)C(C)(C)C)[C@H]1[C@@H](C)C(=S)Sc1ccccc1. The number of thiocarbonyl (C=S) groups is 1. The van der Waals surface area contributed by atoms with Gasteiger partial charge in [-0.1, -0.05) is 82.5 Å². The Bertz CT molecular complexity index is 902. The third kappa shape index (κ3) is 6.37. The number of hydrogen-bond donors (Lipinski definition) is 1. The molecular formula is C25H37NO5S2Si. The molecule has 0 bridgehead atoms. The molecule has 6 nitrogen and oxygen atoms in total. The maximum atomic E-state index is 13.3. The summed E-state index contributed by atoms with van der Waals surface area (Å²) in [6.45, 7) is 18.0. The first-order valence-corrected chi connectivity index (χ1v) is 15.6. The maximum Gasteiger partial charge on any atom is 0.356 e. The molecule has 1 saturated heterocycles. The van der Waals surface area contributed by atoms with Crippen LogP contribution in [-0.4, -0.2) is 59.4 Å². The molecule has 1 heterocycles. The Kier molecular flexibility index (Phi) is 9.69. The fraction of sp³-hybridized carbons (Fsp3) is 0.560. The number of benzene rings is 1. The molecule has 1 aromatic rings. The summed E-state index contributed by atoms with van der Waals surface area (Å²) >= 11 is 7.19. The molecule has 1 N–H and O–H groups in total. The molecule has 1 aliphatic heterocycles. The van der Waals surface area contributed by atoms with E-state index in [4.69, 9.17) is 21.4 Å². The number of nitrogens with zero attached hydrogens (tertiary/aromatic N) is 1. The molecule has 1 aliphatic rings. The third-order valence-electron chi connectivity index (χ3n) is 6.68. The van der Waals surface area contributed by atoms with Crippen LogP contribution in [-0.2, 0) is 18.8 Å². The van der Waals surface area contributed by atoms with Crippen LogP contribution in [0.1, 0.15) is 34.6 Å². The Balaban J connectivity index is 2.31. The summed E-state index contributed by atoms with van der Waals surface area (Å²) in [5, 5.41) is 10.7. The molecule has 1 amide bonds. The first kappa shape index (κ1) is 28.7. The van der Waals surface area contributed by atoms with Crippen LogP contribution in [0.25, 0.3) is 0 Å². The van der Waals surface area contributed by atoms with Gasteiger partial charge in [-0.05, 0) is 37.2 Å². The number of carbonyl (C=O) groups excluding carboxylic acids is 2. The second-order valence-corrected chi connectivity index (χ2v) is 16.7. The van der Waals surface area contributed by atoms with Crippen LogP contribution < -0.4 is 0 Å². The smallest absolute Gasteiger partial charge is 0.356 e. The third-order valence-corrected chi connectivity index (χ3v) is 13.0. The zero-order chi connectivity index (χ0) is 25.8. The average Bonchev–Trinajstić information content (AvgIpc) is 2.74. The lowest BCUT2D eigenvalue weighted by Gasteiger charge is -2.54. The van der Waals surface area contributed by atoms with Crippen molar-refractivity contribution in [3.8, 4) is 0 Å². The molecule has 0 saturated carbocycles.